The Bertz CT molecular complexity index is 582. The highest BCUT2D eigenvalue weighted by Crippen LogP contribution is 2.43. The zero-order chi connectivity index (χ0) is 14.0. The number of fused-ring (bicyclic) bond motifs is 1. The molecule has 2 atom stereocenters. The van der Waals surface area contributed by atoms with Crippen molar-refractivity contribution in [2.75, 3.05) is 6.61 Å². The average molecular weight is 270 g/mol. The van der Waals surface area contributed by atoms with Gasteiger partial charge in [-0.15, -0.1) is 0 Å². The molecule has 0 bridgehead atoms. The van der Waals surface area contributed by atoms with Crippen LogP contribution in [0.4, 0.5) is 0 Å². The number of ether oxygens (including phenoxy) is 3. The van der Waals surface area contributed by atoms with Gasteiger partial charge in [0.25, 0.3) is 5.79 Å². The number of hydrogen-bond acceptors (Lipinski definition) is 3. The first-order chi connectivity index (χ1) is 9.76. The van der Waals surface area contributed by atoms with Gasteiger partial charge in [0.2, 0.25) is 0 Å². The molecule has 0 saturated heterocycles. The maximum atomic E-state index is 6.21. The van der Waals surface area contributed by atoms with E-state index in [4.69, 9.17) is 14.2 Å². The van der Waals surface area contributed by atoms with Gasteiger partial charge < -0.3 is 14.2 Å². The number of benzene rings is 2. The summed E-state index contributed by atoms with van der Waals surface area (Å²) in [7, 11) is 0. The molecular formula is C17H18O3. The molecule has 0 spiro atoms. The molecule has 3 heteroatoms. The second-order valence-electron chi connectivity index (χ2n) is 4.78. The Morgan fingerprint density at radius 2 is 1.65 bits per heavy atom. The summed E-state index contributed by atoms with van der Waals surface area (Å²) in [6.45, 7) is 4.48. The molecule has 0 amide bonds. The summed E-state index contributed by atoms with van der Waals surface area (Å²) in [5.41, 5.74) is 0.962. The highest BCUT2D eigenvalue weighted by molar-refractivity contribution is 5.43. The van der Waals surface area contributed by atoms with Gasteiger partial charge in [-0.25, -0.2) is 0 Å². The first kappa shape index (κ1) is 13.0. The standard InChI is InChI=1S/C17H18O3/c1-3-18-17(14-9-5-4-6-10-14)13(2)19-15-11-7-8-12-16(15)20-17/h4-13H,3H2,1-2H3. The van der Waals surface area contributed by atoms with Crippen LogP contribution in [0.5, 0.6) is 11.5 Å². The van der Waals surface area contributed by atoms with Crippen molar-refractivity contribution < 1.29 is 14.2 Å². The fourth-order valence-corrected chi connectivity index (χ4v) is 2.55. The zero-order valence-corrected chi connectivity index (χ0v) is 11.7. The Morgan fingerprint density at radius 1 is 1.00 bits per heavy atom. The Kier molecular flexibility index (Phi) is 3.36. The maximum Gasteiger partial charge on any atom is 0.274 e. The largest absolute Gasteiger partial charge is 0.480 e. The van der Waals surface area contributed by atoms with Crippen LogP contribution in [0.15, 0.2) is 54.6 Å². The average Bonchev–Trinajstić information content (AvgIpc) is 2.49. The van der Waals surface area contributed by atoms with Gasteiger partial charge in [0, 0.05) is 12.2 Å². The predicted octanol–water partition coefficient (Wildman–Crippen LogP) is 3.74. The SMILES string of the molecule is CCOC1(c2ccccc2)Oc2ccccc2OC1C. The van der Waals surface area contributed by atoms with Crippen molar-refractivity contribution in [3.63, 3.8) is 0 Å². The molecule has 0 fully saturated rings. The first-order valence-corrected chi connectivity index (χ1v) is 6.90. The Balaban J connectivity index is 2.08. The highest BCUT2D eigenvalue weighted by atomic mass is 16.7. The van der Waals surface area contributed by atoms with Crippen LogP contribution in [0.3, 0.4) is 0 Å². The van der Waals surface area contributed by atoms with Gasteiger partial charge in [0.05, 0.1) is 0 Å². The zero-order valence-electron chi connectivity index (χ0n) is 11.7. The van der Waals surface area contributed by atoms with Crippen molar-refractivity contribution in [3.05, 3.63) is 60.2 Å². The molecule has 2 unspecified atom stereocenters. The molecule has 2 aromatic carbocycles. The van der Waals surface area contributed by atoms with Gasteiger partial charge in [-0.2, -0.15) is 0 Å². The van der Waals surface area contributed by atoms with Crippen LogP contribution in [0.1, 0.15) is 19.4 Å². The minimum Gasteiger partial charge on any atom is -0.480 e. The Labute approximate surface area is 119 Å². The molecule has 0 aromatic heterocycles. The quantitative estimate of drug-likeness (QED) is 0.850. The molecule has 1 aliphatic rings. The summed E-state index contributed by atoms with van der Waals surface area (Å²) in [4.78, 5) is 0. The second kappa shape index (κ2) is 5.17. The van der Waals surface area contributed by atoms with E-state index in [9.17, 15) is 0 Å². The molecule has 104 valence electrons. The summed E-state index contributed by atoms with van der Waals surface area (Å²) in [6, 6.07) is 17.6. The van der Waals surface area contributed by atoms with E-state index in [0.717, 1.165) is 11.3 Å². The minimum atomic E-state index is -0.898. The number of rotatable bonds is 3. The molecule has 0 aliphatic carbocycles. The summed E-state index contributed by atoms with van der Waals surface area (Å²) in [5, 5.41) is 0. The second-order valence-corrected chi connectivity index (χ2v) is 4.78. The molecule has 3 rings (SSSR count). The van der Waals surface area contributed by atoms with Gasteiger partial charge in [0.1, 0.15) is 0 Å². The maximum absolute atomic E-state index is 6.21. The van der Waals surface area contributed by atoms with Gasteiger partial charge in [0.15, 0.2) is 17.6 Å². The van der Waals surface area contributed by atoms with Crippen LogP contribution < -0.4 is 9.47 Å². The van der Waals surface area contributed by atoms with Crippen LogP contribution in [0.2, 0.25) is 0 Å². The van der Waals surface area contributed by atoms with Crippen molar-refractivity contribution >= 4 is 0 Å². The lowest BCUT2D eigenvalue weighted by Crippen LogP contribution is -2.51. The third-order valence-corrected chi connectivity index (χ3v) is 3.48. The van der Waals surface area contributed by atoms with Crippen LogP contribution in [0.25, 0.3) is 0 Å². The van der Waals surface area contributed by atoms with Crippen LogP contribution in [0, 0.1) is 0 Å². The predicted molar refractivity (Wildman–Crippen MR) is 76.9 cm³/mol. The van der Waals surface area contributed by atoms with E-state index in [-0.39, 0.29) is 6.10 Å². The van der Waals surface area contributed by atoms with Gasteiger partial charge in [-0.1, -0.05) is 42.5 Å². The van der Waals surface area contributed by atoms with E-state index in [2.05, 4.69) is 0 Å². The van der Waals surface area contributed by atoms with E-state index in [1.165, 1.54) is 0 Å². The fourth-order valence-electron chi connectivity index (χ4n) is 2.55. The van der Waals surface area contributed by atoms with Crippen molar-refractivity contribution in [2.24, 2.45) is 0 Å². The molecule has 3 nitrogen and oxygen atoms in total. The number of para-hydroxylation sites is 2. The smallest absolute Gasteiger partial charge is 0.274 e. The first-order valence-electron chi connectivity index (χ1n) is 6.90. The summed E-state index contributed by atoms with van der Waals surface area (Å²) < 4.78 is 18.2. The third kappa shape index (κ3) is 2.04. The lowest BCUT2D eigenvalue weighted by Gasteiger charge is -2.42. The lowest BCUT2D eigenvalue weighted by atomic mass is 9.99. The van der Waals surface area contributed by atoms with Crippen molar-refractivity contribution in [1.82, 2.24) is 0 Å². The topological polar surface area (TPSA) is 27.7 Å². The van der Waals surface area contributed by atoms with E-state index in [1.54, 1.807) is 0 Å². The summed E-state index contributed by atoms with van der Waals surface area (Å²) >= 11 is 0. The van der Waals surface area contributed by atoms with Crippen LogP contribution >= 0.6 is 0 Å². The molecule has 2 aromatic rings. The Morgan fingerprint density at radius 3 is 2.35 bits per heavy atom. The molecule has 0 saturated carbocycles. The van der Waals surface area contributed by atoms with Crippen molar-refractivity contribution in [1.29, 1.82) is 0 Å². The highest BCUT2D eigenvalue weighted by Gasteiger charge is 2.47. The normalized spacial score (nSPS) is 24.4. The van der Waals surface area contributed by atoms with Gasteiger partial charge >= 0.3 is 0 Å². The van der Waals surface area contributed by atoms with E-state index < -0.39 is 5.79 Å². The number of hydrogen-bond donors (Lipinski definition) is 0. The van der Waals surface area contributed by atoms with Crippen LogP contribution in [-0.2, 0) is 10.5 Å². The van der Waals surface area contributed by atoms with Gasteiger partial charge in [-0.05, 0) is 26.0 Å². The summed E-state index contributed by atoms with van der Waals surface area (Å²) in [6.07, 6.45) is -0.236. The summed E-state index contributed by atoms with van der Waals surface area (Å²) in [5.74, 6) is 0.568. The van der Waals surface area contributed by atoms with Crippen molar-refractivity contribution in [3.8, 4) is 11.5 Å². The van der Waals surface area contributed by atoms with E-state index >= 15 is 0 Å². The molecule has 1 aliphatic heterocycles. The molecule has 20 heavy (non-hydrogen) atoms. The van der Waals surface area contributed by atoms with E-state index in [1.807, 2.05) is 68.4 Å². The molecule has 1 heterocycles. The minimum absolute atomic E-state index is 0.236. The van der Waals surface area contributed by atoms with Crippen LogP contribution in [-0.4, -0.2) is 12.7 Å². The fraction of sp³-hybridized carbons (Fsp3) is 0.294. The Hall–Kier alpha value is -2.00. The molecule has 0 N–H and O–H groups in total. The third-order valence-electron chi connectivity index (χ3n) is 3.48. The van der Waals surface area contributed by atoms with Crippen molar-refractivity contribution in [2.45, 2.75) is 25.7 Å². The van der Waals surface area contributed by atoms with Gasteiger partial charge in [-0.3, -0.25) is 0 Å². The lowest BCUT2D eigenvalue weighted by molar-refractivity contribution is -0.248. The molecule has 0 radical (unpaired) electrons. The molecular weight excluding hydrogens is 252 g/mol. The monoisotopic (exact) mass is 270 g/mol. The van der Waals surface area contributed by atoms with E-state index in [0.29, 0.717) is 12.4 Å².